The van der Waals surface area contributed by atoms with Crippen molar-refractivity contribution < 1.29 is 9.90 Å². The fourth-order valence-electron chi connectivity index (χ4n) is 6.96. The number of ketones is 1. The van der Waals surface area contributed by atoms with Crippen molar-refractivity contribution in [3.63, 3.8) is 0 Å². The summed E-state index contributed by atoms with van der Waals surface area (Å²) < 4.78 is 0. The lowest BCUT2D eigenvalue weighted by molar-refractivity contribution is -0.117. The van der Waals surface area contributed by atoms with Crippen LogP contribution in [0.25, 0.3) is 0 Å². The first-order valence-electron chi connectivity index (χ1n) is 9.48. The zero-order valence-corrected chi connectivity index (χ0v) is 14.2. The van der Waals surface area contributed by atoms with E-state index < -0.39 is 5.60 Å². The number of hydrogen-bond acceptors (Lipinski definition) is 2. The van der Waals surface area contributed by atoms with Gasteiger partial charge in [0, 0.05) is 11.8 Å². The molecular formula is C21H28O2. The summed E-state index contributed by atoms with van der Waals surface area (Å²) in [5.41, 5.74) is 0.474. The maximum Gasteiger partial charge on any atom is 0.155 e. The van der Waals surface area contributed by atoms with Crippen molar-refractivity contribution in [3.8, 4) is 12.3 Å². The standard InChI is InChI=1S/C21H28O2/c1-3-20-11-9-17-16-8-6-15(22)13-14(16)5-7-18(17)19(20)10-12-21(20,23)4-2/h2,13,16-19,23H,3,5-12H2,1H3/t16-,17+,18+,19-,20+,21+/m0/s1. The summed E-state index contributed by atoms with van der Waals surface area (Å²) in [6, 6.07) is 0. The molecule has 0 heterocycles. The summed E-state index contributed by atoms with van der Waals surface area (Å²) in [6.45, 7) is 2.22. The molecule has 0 saturated heterocycles. The summed E-state index contributed by atoms with van der Waals surface area (Å²) in [5, 5.41) is 11.1. The Labute approximate surface area is 139 Å². The molecule has 0 aromatic carbocycles. The highest BCUT2D eigenvalue weighted by Crippen LogP contribution is 2.66. The second kappa shape index (κ2) is 5.21. The second-order valence-electron chi connectivity index (χ2n) is 8.40. The molecule has 2 heteroatoms. The summed E-state index contributed by atoms with van der Waals surface area (Å²) >= 11 is 0. The molecule has 3 fully saturated rings. The van der Waals surface area contributed by atoms with Crippen molar-refractivity contribution in [1.29, 1.82) is 0 Å². The average Bonchev–Trinajstić information content (AvgIpc) is 2.88. The average molecular weight is 312 g/mol. The predicted molar refractivity (Wildman–Crippen MR) is 90.5 cm³/mol. The van der Waals surface area contributed by atoms with Crippen molar-refractivity contribution >= 4 is 5.78 Å². The van der Waals surface area contributed by atoms with Gasteiger partial charge in [-0.3, -0.25) is 4.79 Å². The molecule has 0 aromatic heterocycles. The van der Waals surface area contributed by atoms with Gasteiger partial charge in [-0.15, -0.1) is 6.42 Å². The van der Waals surface area contributed by atoms with E-state index in [-0.39, 0.29) is 5.41 Å². The van der Waals surface area contributed by atoms with E-state index in [2.05, 4.69) is 12.8 Å². The van der Waals surface area contributed by atoms with Gasteiger partial charge < -0.3 is 5.11 Å². The van der Waals surface area contributed by atoms with Gasteiger partial charge in [0.25, 0.3) is 0 Å². The molecule has 4 aliphatic carbocycles. The Morgan fingerprint density at radius 1 is 1.22 bits per heavy atom. The maximum atomic E-state index is 11.8. The third-order valence-corrected chi connectivity index (χ3v) is 8.02. The first-order chi connectivity index (χ1) is 11.0. The SMILES string of the molecule is C#C[C@@]1(O)CC[C@H]2[C@@H]3CCC4=CC(=O)CC[C@@H]4[C@H]3CC[C@]21CC. The van der Waals surface area contributed by atoms with E-state index in [1.54, 1.807) is 0 Å². The Morgan fingerprint density at radius 2 is 2.04 bits per heavy atom. The number of rotatable bonds is 1. The van der Waals surface area contributed by atoms with Crippen molar-refractivity contribution in [2.24, 2.45) is 29.1 Å². The molecule has 2 nitrogen and oxygen atoms in total. The lowest BCUT2D eigenvalue weighted by Gasteiger charge is -2.55. The minimum absolute atomic E-state index is 0.0609. The van der Waals surface area contributed by atoms with E-state index in [4.69, 9.17) is 6.42 Å². The number of carbonyl (C=O) groups is 1. The normalized spacial score (nSPS) is 48.7. The Morgan fingerprint density at radius 3 is 2.78 bits per heavy atom. The zero-order chi connectivity index (χ0) is 16.2. The minimum atomic E-state index is -0.893. The number of fused-ring (bicyclic) bond motifs is 5. The van der Waals surface area contributed by atoms with E-state index in [0.29, 0.717) is 29.5 Å². The van der Waals surface area contributed by atoms with Gasteiger partial charge in [-0.25, -0.2) is 0 Å². The van der Waals surface area contributed by atoms with Crippen LogP contribution in [0.4, 0.5) is 0 Å². The van der Waals surface area contributed by atoms with Gasteiger partial charge in [0.15, 0.2) is 5.78 Å². The lowest BCUT2D eigenvalue weighted by atomic mass is 9.49. The van der Waals surface area contributed by atoms with Crippen molar-refractivity contribution in [2.45, 2.75) is 70.3 Å². The van der Waals surface area contributed by atoms with Gasteiger partial charge in [-0.1, -0.05) is 18.4 Å². The summed E-state index contributed by atoms with van der Waals surface area (Å²) in [5.74, 6) is 5.73. The predicted octanol–water partition coefficient (Wildman–Crippen LogP) is 3.88. The van der Waals surface area contributed by atoms with Crippen LogP contribution in [0.15, 0.2) is 11.6 Å². The fourth-order valence-corrected chi connectivity index (χ4v) is 6.96. The Hall–Kier alpha value is -1.07. The first-order valence-corrected chi connectivity index (χ1v) is 9.48. The van der Waals surface area contributed by atoms with E-state index in [0.717, 1.165) is 44.9 Å². The van der Waals surface area contributed by atoms with Crippen LogP contribution < -0.4 is 0 Å². The highest BCUT2D eigenvalue weighted by molar-refractivity contribution is 5.91. The lowest BCUT2D eigenvalue weighted by Crippen LogP contribution is -2.53. The van der Waals surface area contributed by atoms with Crippen LogP contribution >= 0.6 is 0 Å². The quantitative estimate of drug-likeness (QED) is 0.746. The molecule has 0 aliphatic heterocycles. The van der Waals surface area contributed by atoms with E-state index in [9.17, 15) is 9.90 Å². The number of allylic oxidation sites excluding steroid dienone is 1. The molecule has 0 spiro atoms. The van der Waals surface area contributed by atoms with Gasteiger partial charge in [-0.2, -0.15) is 0 Å². The highest BCUT2D eigenvalue weighted by atomic mass is 16.3. The third-order valence-electron chi connectivity index (χ3n) is 8.02. The van der Waals surface area contributed by atoms with E-state index in [1.807, 2.05) is 6.08 Å². The largest absolute Gasteiger partial charge is 0.377 e. The van der Waals surface area contributed by atoms with Gasteiger partial charge >= 0.3 is 0 Å². The minimum Gasteiger partial charge on any atom is -0.377 e. The number of terminal acetylenes is 1. The molecule has 0 unspecified atom stereocenters. The smallest absolute Gasteiger partial charge is 0.155 e. The van der Waals surface area contributed by atoms with Crippen LogP contribution in [0, 0.1) is 41.4 Å². The summed E-state index contributed by atoms with van der Waals surface area (Å²) in [6.07, 6.45) is 16.9. The van der Waals surface area contributed by atoms with Gasteiger partial charge in [0.2, 0.25) is 0 Å². The van der Waals surface area contributed by atoms with Gasteiger partial charge in [0.1, 0.15) is 5.60 Å². The van der Waals surface area contributed by atoms with Gasteiger partial charge in [-0.05, 0) is 81.1 Å². The summed E-state index contributed by atoms with van der Waals surface area (Å²) in [4.78, 5) is 11.8. The van der Waals surface area contributed by atoms with E-state index in [1.165, 1.54) is 18.4 Å². The molecule has 23 heavy (non-hydrogen) atoms. The Kier molecular flexibility index (Phi) is 3.50. The maximum absolute atomic E-state index is 11.8. The van der Waals surface area contributed by atoms with Crippen LogP contribution in [0.5, 0.6) is 0 Å². The topological polar surface area (TPSA) is 37.3 Å². The molecule has 0 aromatic rings. The monoisotopic (exact) mass is 312 g/mol. The molecule has 124 valence electrons. The molecule has 1 N–H and O–H groups in total. The Balaban J connectivity index is 1.67. The van der Waals surface area contributed by atoms with Crippen molar-refractivity contribution in [2.75, 3.05) is 0 Å². The van der Waals surface area contributed by atoms with E-state index >= 15 is 0 Å². The van der Waals surface area contributed by atoms with Crippen LogP contribution in [-0.4, -0.2) is 16.5 Å². The second-order valence-corrected chi connectivity index (χ2v) is 8.40. The van der Waals surface area contributed by atoms with Crippen LogP contribution in [0.2, 0.25) is 0 Å². The molecule has 0 radical (unpaired) electrons. The van der Waals surface area contributed by atoms with Crippen LogP contribution in [0.3, 0.4) is 0 Å². The van der Waals surface area contributed by atoms with Crippen LogP contribution in [-0.2, 0) is 4.79 Å². The Bertz CT molecular complexity index is 597. The number of hydrogen-bond donors (Lipinski definition) is 1. The van der Waals surface area contributed by atoms with Crippen LogP contribution in [0.1, 0.15) is 64.7 Å². The molecule has 6 atom stereocenters. The molecule has 0 amide bonds. The van der Waals surface area contributed by atoms with Crippen molar-refractivity contribution in [3.05, 3.63) is 11.6 Å². The third kappa shape index (κ3) is 1.96. The van der Waals surface area contributed by atoms with Gasteiger partial charge in [0.05, 0.1) is 0 Å². The molecule has 4 aliphatic rings. The zero-order valence-electron chi connectivity index (χ0n) is 14.2. The highest BCUT2D eigenvalue weighted by Gasteiger charge is 2.63. The van der Waals surface area contributed by atoms with Crippen molar-refractivity contribution in [1.82, 2.24) is 0 Å². The molecule has 3 saturated carbocycles. The summed E-state index contributed by atoms with van der Waals surface area (Å²) in [7, 11) is 0. The molecular weight excluding hydrogens is 284 g/mol. The molecule has 0 bridgehead atoms. The molecule has 4 rings (SSSR count). The first kappa shape index (κ1) is 15.5. The fraction of sp³-hybridized carbons (Fsp3) is 0.762. The number of aliphatic hydroxyl groups is 1. The number of carbonyl (C=O) groups excluding carboxylic acids is 1.